The van der Waals surface area contributed by atoms with Crippen LogP contribution in [0.2, 0.25) is 0 Å². The van der Waals surface area contributed by atoms with E-state index in [-0.39, 0.29) is 12.1 Å². The molecule has 0 radical (unpaired) electrons. The molecule has 2 heterocycles. The number of aromatic amines is 1. The topological polar surface area (TPSA) is 85.7 Å². The van der Waals surface area contributed by atoms with Crippen molar-refractivity contribution >= 4 is 17.0 Å². The van der Waals surface area contributed by atoms with Crippen LogP contribution in [0.1, 0.15) is 55.4 Å². The highest BCUT2D eigenvalue weighted by atomic mass is 16.5. The molecule has 0 unspecified atom stereocenters. The number of imidazole rings is 1. The Balaban J connectivity index is 1.52. The minimum atomic E-state index is -0.316. The van der Waals surface area contributed by atoms with Crippen molar-refractivity contribution < 1.29 is 9.53 Å². The summed E-state index contributed by atoms with van der Waals surface area (Å²) in [6, 6.07) is 22.4. The van der Waals surface area contributed by atoms with Crippen molar-refractivity contribution in [3.05, 3.63) is 89.9 Å². The van der Waals surface area contributed by atoms with Gasteiger partial charge in [0.25, 0.3) is 0 Å². The van der Waals surface area contributed by atoms with Crippen LogP contribution >= 0.6 is 0 Å². The molecule has 188 valence electrons. The number of unbranched alkanes of at least 4 members (excludes halogenated alkanes) is 1. The predicted molar refractivity (Wildman–Crippen MR) is 145 cm³/mol. The Morgan fingerprint density at radius 1 is 1.00 bits per heavy atom. The molecule has 5 rings (SSSR count). The molecule has 0 saturated heterocycles. The molecule has 1 N–H and O–H groups in total. The Bertz CT molecular complexity index is 1500. The number of fused-ring (bicyclic) bond motifs is 1. The number of benzene rings is 3. The molecule has 2 aromatic heterocycles. The van der Waals surface area contributed by atoms with Crippen molar-refractivity contribution in [3.63, 3.8) is 0 Å². The van der Waals surface area contributed by atoms with Gasteiger partial charge in [0, 0.05) is 18.5 Å². The van der Waals surface area contributed by atoms with E-state index >= 15 is 0 Å². The number of nitrogens with zero attached hydrogens (tertiary/aromatic N) is 4. The number of H-pyrrole nitrogens is 1. The number of rotatable bonds is 9. The van der Waals surface area contributed by atoms with E-state index in [1.54, 1.807) is 6.20 Å². The second-order valence-electron chi connectivity index (χ2n) is 9.46. The van der Waals surface area contributed by atoms with Crippen LogP contribution in [-0.4, -0.2) is 37.0 Å². The maximum absolute atomic E-state index is 13.0. The van der Waals surface area contributed by atoms with Crippen LogP contribution in [0.4, 0.5) is 0 Å². The van der Waals surface area contributed by atoms with Gasteiger partial charge in [-0.15, -0.1) is 5.10 Å². The summed E-state index contributed by atoms with van der Waals surface area (Å²) in [6.45, 7) is 6.53. The van der Waals surface area contributed by atoms with Crippen LogP contribution in [0.25, 0.3) is 33.4 Å². The van der Waals surface area contributed by atoms with E-state index < -0.39 is 0 Å². The van der Waals surface area contributed by atoms with Crippen LogP contribution in [0.5, 0.6) is 0 Å². The molecule has 0 atom stereocenters. The van der Waals surface area contributed by atoms with E-state index in [1.807, 2.05) is 44.2 Å². The molecular weight excluding hydrogens is 462 g/mol. The minimum absolute atomic E-state index is 0.188. The molecular formula is C30H31N5O2. The number of esters is 1. The number of aryl methyl sites for hydroxylation is 1. The fourth-order valence-electron chi connectivity index (χ4n) is 4.64. The molecule has 0 aliphatic rings. The maximum atomic E-state index is 13.0. The maximum Gasteiger partial charge on any atom is 0.340 e. The number of carbonyl (C=O) groups excluding carboxylic acids is 1. The van der Waals surface area contributed by atoms with Crippen molar-refractivity contribution in [3.8, 4) is 22.4 Å². The second kappa shape index (κ2) is 10.8. The smallest absolute Gasteiger partial charge is 0.340 e. The third kappa shape index (κ3) is 5.16. The first-order valence-corrected chi connectivity index (χ1v) is 12.8. The Kier molecular flexibility index (Phi) is 7.12. The molecule has 0 fully saturated rings. The molecule has 7 heteroatoms. The van der Waals surface area contributed by atoms with Crippen molar-refractivity contribution in [2.45, 2.75) is 52.7 Å². The molecule has 3 aromatic carbocycles. The highest BCUT2D eigenvalue weighted by molar-refractivity contribution is 6.02. The summed E-state index contributed by atoms with van der Waals surface area (Å²) in [6.07, 6.45) is 4.51. The first-order valence-electron chi connectivity index (χ1n) is 12.8. The molecule has 0 aliphatic heterocycles. The number of ether oxygens (including phenoxy) is 1. The van der Waals surface area contributed by atoms with Gasteiger partial charge in [-0.25, -0.2) is 9.78 Å². The van der Waals surface area contributed by atoms with Crippen molar-refractivity contribution in [1.82, 2.24) is 25.0 Å². The SMILES string of the molecule is CCCCc1nc2cccc(C(=O)OC(C)C)c2n1Cc1ccc(-c2ccccc2-c2cnn[nH]2)cc1. The van der Waals surface area contributed by atoms with Crippen molar-refractivity contribution in [2.24, 2.45) is 0 Å². The van der Waals surface area contributed by atoms with Crippen LogP contribution in [-0.2, 0) is 17.7 Å². The number of aromatic nitrogens is 5. The third-order valence-corrected chi connectivity index (χ3v) is 6.40. The standard InChI is InChI=1S/C30H31N5O2/c1-4-5-13-28-32-26-12-8-11-25(30(36)37-20(2)3)29(26)35(28)19-21-14-16-22(17-15-21)23-9-6-7-10-24(23)27-18-31-34-33-27/h6-12,14-18,20H,4-5,13,19H2,1-3H3,(H,31,33,34). The average Bonchev–Trinajstić information content (AvgIpc) is 3.56. The fraction of sp³-hybridized carbons (Fsp3) is 0.267. The van der Waals surface area contributed by atoms with Gasteiger partial charge in [0.2, 0.25) is 0 Å². The summed E-state index contributed by atoms with van der Waals surface area (Å²) >= 11 is 0. The quantitative estimate of drug-likeness (QED) is 0.239. The predicted octanol–water partition coefficient (Wildman–Crippen LogP) is 6.44. The summed E-state index contributed by atoms with van der Waals surface area (Å²) in [5.74, 6) is 0.673. The summed E-state index contributed by atoms with van der Waals surface area (Å²) in [5.41, 5.74) is 7.49. The van der Waals surface area contributed by atoms with Gasteiger partial charge in [-0.05, 0) is 49.1 Å². The molecule has 0 saturated carbocycles. The molecule has 0 aliphatic carbocycles. The summed E-state index contributed by atoms with van der Waals surface area (Å²) in [4.78, 5) is 17.9. The first-order chi connectivity index (χ1) is 18.0. The van der Waals surface area contributed by atoms with E-state index in [4.69, 9.17) is 9.72 Å². The van der Waals surface area contributed by atoms with Gasteiger partial charge < -0.3 is 9.30 Å². The number of carbonyl (C=O) groups is 1. The van der Waals surface area contributed by atoms with Crippen LogP contribution < -0.4 is 0 Å². The molecule has 0 amide bonds. The molecule has 0 spiro atoms. The monoisotopic (exact) mass is 493 g/mol. The molecule has 37 heavy (non-hydrogen) atoms. The number of nitrogens with one attached hydrogen (secondary N) is 1. The van der Waals surface area contributed by atoms with E-state index in [9.17, 15) is 4.79 Å². The second-order valence-corrected chi connectivity index (χ2v) is 9.46. The van der Waals surface area contributed by atoms with Gasteiger partial charge in [-0.1, -0.05) is 73.2 Å². The highest BCUT2D eigenvalue weighted by Crippen LogP contribution is 2.31. The Hall–Kier alpha value is -4.26. The van der Waals surface area contributed by atoms with E-state index in [1.165, 1.54) is 0 Å². The average molecular weight is 494 g/mol. The zero-order chi connectivity index (χ0) is 25.8. The zero-order valence-electron chi connectivity index (χ0n) is 21.4. The first kappa shape index (κ1) is 24.4. The van der Waals surface area contributed by atoms with E-state index in [0.29, 0.717) is 12.1 Å². The highest BCUT2D eigenvalue weighted by Gasteiger charge is 2.20. The lowest BCUT2D eigenvalue weighted by Crippen LogP contribution is -2.14. The van der Waals surface area contributed by atoms with Crippen LogP contribution in [0, 0.1) is 0 Å². The molecule has 7 nitrogen and oxygen atoms in total. The van der Waals surface area contributed by atoms with Gasteiger partial charge in [0.15, 0.2) is 0 Å². The zero-order valence-corrected chi connectivity index (χ0v) is 21.4. The fourth-order valence-corrected chi connectivity index (χ4v) is 4.64. The lowest BCUT2D eigenvalue weighted by Gasteiger charge is -2.14. The van der Waals surface area contributed by atoms with E-state index in [2.05, 4.69) is 63.3 Å². The van der Waals surface area contributed by atoms with Gasteiger partial charge >= 0.3 is 5.97 Å². The summed E-state index contributed by atoms with van der Waals surface area (Å²) in [5, 5.41) is 10.8. The van der Waals surface area contributed by atoms with Gasteiger partial charge in [0.05, 0.1) is 34.6 Å². The lowest BCUT2D eigenvalue weighted by molar-refractivity contribution is 0.0380. The van der Waals surface area contributed by atoms with Gasteiger partial charge in [0.1, 0.15) is 5.82 Å². The summed E-state index contributed by atoms with van der Waals surface area (Å²) < 4.78 is 7.74. The number of hydrogen-bond acceptors (Lipinski definition) is 5. The molecule has 0 bridgehead atoms. The minimum Gasteiger partial charge on any atom is -0.459 e. The van der Waals surface area contributed by atoms with Crippen molar-refractivity contribution in [2.75, 3.05) is 0 Å². The lowest BCUT2D eigenvalue weighted by atomic mass is 9.97. The van der Waals surface area contributed by atoms with Crippen LogP contribution in [0.3, 0.4) is 0 Å². The number of hydrogen-bond donors (Lipinski definition) is 1. The van der Waals surface area contributed by atoms with Gasteiger partial charge in [-0.2, -0.15) is 0 Å². The van der Waals surface area contributed by atoms with Crippen LogP contribution in [0.15, 0.2) is 72.9 Å². The third-order valence-electron chi connectivity index (χ3n) is 6.40. The van der Waals surface area contributed by atoms with Gasteiger partial charge in [-0.3, -0.25) is 5.10 Å². The molecule has 5 aromatic rings. The Morgan fingerprint density at radius 3 is 2.49 bits per heavy atom. The van der Waals surface area contributed by atoms with E-state index in [0.717, 1.165) is 64.1 Å². The summed E-state index contributed by atoms with van der Waals surface area (Å²) in [7, 11) is 0. The normalized spacial score (nSPS) is 11.4. The Morgan fingerprint density at radius 2 is 1.78 bits per heavy atom. The largest absolute Gasteiger partial charge is 0.459 e. The van der Waals surface area contributed by atoms with Crippen molar-refractivity contribution in [1.29, 1.82) is 0 Å². The Labute approximate surface area is 216 Å². The number of para-hydroxylation sites is 1.